The summed E-state index contributed by atoms with van der Waals surface area (Å²) >= 11 is 0. The second kappa shape index (κ2) is 5.46. The predicted molar refractivity (Wildman–Crippen MR) is 81.2 cm³/mol. The Hall–Kier alpha value is -2.34. The minimum Gasteiger partial charge on any atom is -0.504 e. The number of benzene rings is 1. The van der Waals surface area contributed by atoms with Crippen LogP contribution in [-0.2, 0) is 0 Å². The first-order valence-corrected chi connectivity index (χ1v) is 7.32. The molecule has 0 spiro atoms. The van der Waals surface area contributed by atoms with Gasteiger partial charge in [0.25, 0.3) is 5.91 Å². The number of aliphatic hydroxyl groups is 1. The third kappa shape index (κ3) is 2.57. The van der Waals surface area contributed by atoms with Crippen molar-refractivity contribution in [2.45, 2.75) is 25.9 Å². The van der Waals surface area contributed by atoms with Gasteiger partial charge in [-0.05, 0) is 23.6 Å². The lowest BCUT2D eigenvalue weighted by atomic mass is 10.0. The Balaban J connectivity index is 1.84. The van der Waals surface area contributed by atoms with Crippen molar-refractivity contribution in [3.05, 3.63) is 41.7 Å². The molecule has 0 unspecified atom stereocenters. The summed E-state index contributed by atoms with van der Waals surface area (Å²) in [5.74, 6) is -0.0743. The number of nitrogens with zero attached hydrogens (tertiary/aromatic N) is 3. The zero-order valence-corrected chi connectivity index (χ0v) is 12.6. The molecule has 116 valence electrons. The van der Waals surface area contributed by atoms with Crippen molar-refractivity contribution in [2.75, 3.05) is 13.1 Å². The molecule has 1 aromatic heterocycles. The molecule has 2 heterocycles. The van der Waals surface area contributed by atoms with Gasteiger partial charge in [-0.1, -0.05) is 26.0 Å². The number of hydrogen-bond donors (Lipinski definition) is 2. The Morgan fingerprint density at radius 3 is 2.45 bits per heavy atom. The molecule has 22 heavy (non-hydrogen) atoms. The highest BCUT2D eigenvalue weighted by Crippen LogP contribution is 2.23. The van der Waals surface area contributed by atoms with E-state index < -0.39 is 6.10 Å². The lowest BCUT2D eigenvalue weighted by molar-refractivity contribution is 0.00529. The second-order valence-corrected chi connectivity index (χ2v) is 5.92. The van der Waals surface area contributed by atoms with Crippen LogP contribution in [0.4, 0.5) is 0 Å². The summed E-state index contributed by atoms with van der Waals surface area (Å²) in [6.45, 7) is 4.81. The van der Waals surface area contributed by atoms with Crippen LogP contribution < -0.4 is 0 Å². The van der Waals surface area contributed by atoms with Crippen molar-refractivity contribution >= 4 is 5.91 Å². The molecular formula is C16H19N3O3. The number of hydrogen-bond acceptors (Lipinski definition) is 4. The predicted octanol–water partition coefficient (Wildman–Crippen LogP) is 1.52. The summed E-state index contributed by atoms with van der Waals surface area (Å²) in [7, 11) is 0. The van der Waals surface area contributed by atoms with E-state index in [-0.39, 0.29) is 30.4 Å². The summed E-state index contributed by atoms with van der Waals surface area (Å²) < 4.78 is 1.49. The minimum atomic E-state index is -0.475. The summed E-state index contributed by atoms with van der Waals surface area (Å²) in [5, 5.41) is 23.4. The normalized spacial score (nSPS) is 15.2. The first kappa shape index (κ1) is 14.6. The van der Waals surface area contributed by atoms with Gasteiger partial charge in [-0.2, -0.15) is 5.10 Å². The number of amides is 1. The Morgan fingerprint density at radius 1 is 1.27 bits per heavy atom. The number of likely N-dealkylation sites (tertiary alicyclic amines) is 1. The standard InChI is InChI=1S/C16H19N3O3/c1-10(2)11-3-5-12(6-4-11)19-9-14(21)15(17-19)16(22)18-7-13(20)8-18/h3-6,9-10,13,20-21H,7-8H2,1-2H3. The molecule has 6 heteroatoms. The number of aromatic hydroxyl groups is 1. The smallest absolute Gasteiger partial charge is 0.278 e. The van der Waals surface area contributed by atoms with Crippen LogP contribution in [0.15, 0.2) is 30.5 Å². The molecule has 3 rings (SSSR count). The maximum atomic E-state index is 12.2. The molecule has 0 saturated carbocycles. The average Bonchev–Trinajstić information content (AvgIpc) is 2.85. The van der Waals surface area contributed by atoms with Crippen LogP contribution in [0, 0.1) is 0 Å². The average molecular weight is 301 g/mol. The Morgan fingerprint density at radius 2 is 1.91 bits per heavy atom. The highest BCUT2D eigenvalue weighted by atomic mass is 16.3. The molecule has 0 aliphatic carbocycles. The van der Waals surface area contributed by atoms with E-state index >= 15 is 0 Å². The molecule has 1 saturated heterocycles. The van der Waals surface area contributed by atoms with Gasteiger partial charge in [-0.3, -0.25) is 4.79 Å². The fourth-order valence-corrected chi connectivity index (χ4v) is 2.43. The van der Waals surface area contributed by atoms with E-state index in [1.165, 1.54) is 21.3 Å². The maximum Gasteiger partial charge on any atom is 0.278 e. The van der Waals surface area contributed by atoms with Crippen LogP contribution in [0.5, 0.6) is 5.75 Å². The Labute approximate surface area is 128 Å². The Kier molecular flexibility index (Phi) is 3.62. The van der Waals surface area contributed by atoms with E-state index in [4.69, 9.17) is 0 Å². The lowest BCUT2D eigenvalue weighted by Crippen LogP contribution is -2.53. The number of carbonyl (C=O) groups is 1. The van der Waals surface area contributed by atoms with Gasteiger partial charge < -0.3 is 15.1 Å². The van der Waals surface area contributed by atoms with E-state index in [2.05, 4.69) is 18.9 Å². The van der Waals surface area contributed by atoms with Gasteiger partial charge in [-0.25, -0.2) is 4.68 Å². The van der Waals surface area contributed by atoms with Gasteiger partial charge in [0.05, 0.1) is 18.0 Å². The molecule has 1 fully saturated rings. The number of aliphatic hydroxyl groups excluding tert-OH is 1. The van der Waals surface area contributed by atoms with Crippen molar-refractivity contribution in [3.8, 4) is 11.4 Å². The van der Waals surface area contributed by atoms with Gasteiger partial charge >= 0.3 is 0 Å². The van der Waals surface area contributed by atoms with Crippen molar-refractivity contribution in [2.24, 2.45) is 0 Å². The third-order valence-corrected chi connectivity index (χ3v) is 3.87. The molecule has 0 bridgehead atoms. The number of carbonyl (C=O) groups excluding carboxylic acids is 1. The van der Waals surface area contributed by atoms with Crippen LogP contribution in [0.3, 0.4) is 0 Å². The number of β-amino-alcohol motifs (C(OH)–C–C–N with tert-alkyl or cyclic N) is 1. The second-order valence-electron chi connectivity index (χ2n) is 5.92. The molecule has 6 nitrogen and oxygen atoms in total. The first-order chi connectivity index (χ1) is 10.5. The van der Waals surface area contributed by atoms with Gasteiger partial charge in [0.2, 0.25) is 0 Å². The molecular weight excluding hydrogens is 282 g/mol. The van der Waals surface area contributed by atoms with E-state index in [0.29, 0.717) is 5.92 Å². The zero-order chi connectivity index (χ0) is 15.9. The van der Waals surface area contributed by atoms with Crippen LogP contribution >= 0.6 is 0 Å². The molecule has 2 aromatic rings. The van der Waals surface area contributed by atoms with Crippen LogP contribution in [0.2, 0.25) is 0 Å². The van der Waals surface area contributed by atoms with Crippen molar-refractivity contribution in [1.82, 2.24) is 14.7 Å². The topological polar surface area (TPSA) is 78.6 Å². The first-order valence-electron chi connectivity index (χ1n) is 7.32. The highest BCUT2D eigenvalue weighted by molar-refractivity contribution is 5.95. The number of aromatic nitrogens is 2. The minimum absolute atomic E-state index is 0.0137. The SMILES string of the molecule is CC(C)c1ccc(-n2cc(O)c(C(=O)N3CC(O)C3)n2)cc1. The van der Waals surface area contributed by atoms with Crippen molar-refractivity contribution in [3.63, 3.8) is 0 Å². The molecule has 0 atom stereocenters. The Bertz CT molecular complexity index is 685. The monoisotopic (exact) mass is 301 g/mol. The zero-order valence-electron chi connectivity index (χ0n) is 12.6. The van der Waals surface area contributed by atoms with Crippen LogP contribution in [0.25, 0.3) is 5.69 Å². The quantitative estimate of drug-likeness (QED) is 0.901. The summed E-state index contributed by atoms with van der Waals surface area (Å²) in [6, 6.07) is 7.82. The molecule has 1 aliphatic rings. The lowest BCUT2D eigenvalue weighted by Gasteiger charge is -2.35. The summed E-state index contributed by atoms with van der Waals surface area (Å²) in [4.78, 5) is 13.6. The van der Waals surface area contributed by atoms with Crippen LogP contribution in [0.1, 0.15) is 35.8 Å². The van der Waals surface area contributed by atoms with E-state index in [0.717, 1.165) is 5.69 Å². The molecule has 1 aliphatic heterocycles. The van der Waals surface area contributed by atoms with Gasteiger partial charge in [0.1, 0.15) is 0 Å². The van der Waals surface area contributed by atoms with E-state index in [9.17, 15) is 15.0 Å². The van der Waals surface area contributed by atoms with Gasteiger partial charge in [-0.15, -0.1) is 0 Å². The fraction of sp³-hybridized carbons (Fsp3) is 0.375. The molecule has 1 amide bonds. The molecule has 2 N–H and O–H groups in total. The van der Waals surface area contributed by atoms with E-state index in [1.54, 1.807) is 0 Å². The van der Waals surface area contributed by atoms with Crippen molar-refractivity contribution < 1.29 is 15.0 Å². The van der Waals surface area contributed by atoms with E-state index in [1.807, 2.05) is 24.3 Å². The number of rotatable bonds is 3. The van der Waals surface area contributed by atoms with Gasteiger partial charge in [0.15, 0.2) is 11.4 Å². The molecule has 0 radical (unpaired) electrons. The van der Waals surface area contributed by atoms with Gasteiger partial charge in [0, 0.05) is 13.1 Å². The third-order valence-electron chi connectivity index (χ3n) is 3.87. The largest absolute Gasteiger partial charge is 0.504 e. The summed E-state index contributed by atoms with van der Waals surface area (Å²) in [5.41, 5.74) is 2.01. The molecule has 1 aromatic carbocycles. The maximum absolute atomic E-state index is 12.2. The van der Waals surface area contributed by atoms with Crippen molar-refractivity contribution in [1.29, 1.82) is 0 Å². The highest BCUT2D eigenvalue weighted by Gasteiger charge is 2.32. The fourth-order valence-electron chi connectivity index (χ4n) is 2.43. The summed E-state index contributed by atoms with van der Waals surface area (Å²) in [6.07, 6.45) is 0.949. The van der Waals surface area contributed by atoms with Crippen LogP contribution in [-0.4, -0.2) is 50.0 Å².